The predicted molar refractivity (Wildman–Crippen MR) is 87.7 cm³/mol. The number of imidazole rings is 1. The molecule has 0 amide bonds. The molecule has 7 heteroatoms. The van der Waals surface area contributed by atoms with Crippen LogP contribution in [0.25, 0.3) is 17.0 Å². The van der Waals surface area contributed by atoms with Gasteiger partial charge >= 0.3 is 0 Å². The van der Waals surface area contributed by atoms with Gasteiger partial charge in [0.15, 0.2) is 5.82 Å². The Labute approximate surface area is 137 Å². The second-order valence-electron chi connectivity index (χ2n) is 5.22. The van der Waals surface area contributed by atoms with Gasteiger partial charge in [0.05, 0.1) is 0 Å². The number of nitrogens with one attached hydrogen (secondary N) is 1. The van der Waals surface area contributed by atoms with E-state index in [4.69, 9.17) is 0 Å². The second kappa shape index (κ2) is 6.04. The molecule has 6 nitrogen and oxygen atoms in total. The molecule has 24 heavy (non-hydrogen) atoms. The van der Waals surface area contributed by atoms with E-state index >= 15 is 0 Å². The molecule has 0 spiro atoms. The van der Waals surface area contributed by atoms with E-state index in [1.54, 1.807) is 18.3 Å². The van der Waals surface area contributed by atoms with E-state index in [0.717, 1.165) is 11.2 Å². The molecule has 0 aliphatic rings. The van der Waals surface area contributed by atoms with Crippen molar-refractivity contribution in [3.63, 3.8) is 0 Å². The summed E-state index contributed by atoms with van der Waals surface area (Å²) in [6.07, 6.45) is 7.01. The predicted octanol–water partition coefficient (Wildman–Crippen LogP) is 2.94. The molecule has 0 saturated heterocycles. The zero-order valence-electron chi connectivity index (χ0n) is 12.6. The van der Waals surface area contributed by atoms with Crippen LogP contribution in [0.1, 0.15) is 5.56 Å². The van der Waals surface area contributed by atoms with E-state index in [2.05, 4.69) is 25.3 Å². The Kier molecular flexibility index (Phi) is 3.59. The van der Waals surface area contributed by atoms with Gasteiger partial charge in [-0.3, -0.25) is 0 Å². The molecule has 0 radical (unpaired) electrons. The van der Waals surface area contributed by atoms with Crippen molar-refractivity contribution < 1.29 is 4.39 Å². The van der Waals surface area contributed by atoms with Crippen molar-refractivity contribution in [1.82, 2.24) is 24.3 Å². The van der Waals surface area contributed by atoms with Crippen molar-refractivity contribution in [1.29, 1.82) is 0 Å². The van der Waals surface area contributed by atoms with Gasteiger partial charge < -0.3 is 9.72 Å². The molecular formula is C17H13FN6. The lowest BCUT2D eigenvalue weighted by Crippen LogP contribution is -2.05. The lowest BCUT2D eigenvalue weighted by atomic mass is 10.2. The third-order valence-electron chi connectivity index (χ3n) is 3.57. The largest absolute Gasteiger partial charge is 0.350 e. The van der Waals surface area contributed by atoms with Crippen LogP contribution in [-0.2, 0) is 6.54 Å². The van der Waals surface area contributed by atoms with Gasteiger partial charge in [-0.1, -0.05) is 12.1 Å². The van der Waals surface area contributed by atoms with Crippen LogP contribution in [0, 0.1) is 5.82 Å². The second-order valence-corrected chi connectivity index (χ2v) is 5.22. The quantitative estimate of drug-likeness (QED) is 0.626. The standard InChI is InChI=1S/C17H13FN6/c18-14-3-1-2-13(9-14)16-21-11-22-17(23-16)20-10-12-4-6-24-7-5-19-15(24)8-12/h1-9,11H,10H2,(H,20,21,22,23). The van der Waals surface area contributed by atoms with Gasteiger partial charge in [0.1, 0.15) is 17.8 Å². The number of hydrogen-bond donors (Lipinski definition) is 1. The highest BCUT2D eigenvalue weighted by Crippen LogP contribution is 2.16. The van der Waals surface area contributed by atoms with Gasteiger partial charge in [-0.25, -0.2) is 19.3 Å². The Morgan fingerprint density at radius 2 is 2.00 bits per heavy atom. The van der Waals surface area contributed by atoms with Crippen LogP contribution in [0.5, 0.6) is 0 Å². The van der Waals surface area contributed by atoms with E-state index in [9.17, 15) is 4.39 Å². The number of aromatic nitrogens is 5. The maximum absolute atomic E-state index is 13.3. The molecule has 3 heterocycles. The minimum Gasteiger partial charge on any atom is -0.350 e. The van der Waals surface area contributed by atoms with Crippen LogP contribution >= 0.6 is 0 Å². The topological polar surface area (TPSA) is 68.0 Å². The van der Waals surface area contributed by atoms with Crippen molar-refractivity contribution in [2.24, 2.45) is 0 Å². The number of halogens is 1. The first kappa shape index (κ1) is 14.3. The van der Waals surface area contributed by atoms with Crippen LogP contribution in [0.15, 0.2) is 61.3 Å². The molecule has 0 aliphatic heterocycles. The summed E-state index contributed by atoms with van der Waals surface area (Å²) >= 11 is 0. The number of benzene rings is 1. The van der Waals surface area contributed by atoms with Crippen molar-refractivity contribution in [3.05, 3.63) is 72.7 Å². The number of fused-ring (bicyclic) bond motifs is 1. The van der Waals surface area contributed by atoms with E-state index in [0.29, 0.717) is 23.9 Å². The Bertz CT molecular complexity index is 997. The van der Waals surface area contributed by atoms with Crippen LogP contribution in [0.3, 0.4) is 0 Å². The maximum atomic E-state index is 13.3. The third-order valence-corrected chi connectivity index (χ3v) is 3.57. The van der Waals surface area contributed by atoms with E-state index in [1.807, 2.05) is 28.9 Å². The number of nitrogens with zero attached hydrogens (tertiary/aromatic N) is 5. The van der Waals surface area contributed by atoms with Gasteiger partial charge in [0.25, 0.3) is 0 Å². The lowest BCUT2D eigenvalue weighted by molar-refractivity contribution is 0.628. The summed E-state index contributed by atoms with van der Waals surface area (Å²) in [4.78, 5) is 16.8. The van der Waals surface area contributed by atoms with Gasteiger partial charge in [-0.15, -0.1) is 0 Å². The first-order chi connectivity index (χ1) is 11.8. The highest BCUT2D eigenvalue weighted by molar-refractivity contribution is 5.55. The van der Waals surface area contributed by atoms with Crippen molar-refractivity contribution in [3.8, 4) is 11.4 Å². The molecule has 0 fully saturated rings. The Morgan fingerprint density at radius 1 is 1.04 bits per heavy atom. The fourth-order valence-corrected chi connectivity index (χ4v) is 2.39. The zero-order chi connectivity index (χ0) is 16.4. The van der Waals surface area contributed by atoms with Gasteiger partial charge in [-0.05, 0) is 29.8 Å². The number of pyridine rings is 1. The molecule has 4 aromatic rings. The SMILES string of the molecule is Fc1cccc(-c2ncnc(NCc3ccn4ccnc4c3)n2)c1. The third kappa shape index (κ3) is 2.91. The Balaban J connectivity index is 1.53. The first-order valence-electron chi connectivity index (χ1n) is 7.38. The summed E-state index contributed by atoms with van der Waals surface area (Å²) in [5.74, 6) is 0.540. The summed E-state index contributed by atoms with van der Waals surface area (Å²) in [6, 6.07) is 10.1. The molecule has 0 aliphatic carbocycles. The molecule has 4 rings (SSSR count). The van der Waals surface area contributed by atoms with Crippen molar-refractivity contribution in [2.45, 2.75) is 6.54 Å². The molecule has 0 bridgehead atoms. The molecule has 0 unspecified atom stereocenters. The summed E-state index contributed by atoms with van der Waals surface area (Å²) in [5, 5.41) is 3.15. The number of rotatable bonds is 4. The summed E-state index contributed by atoms with van der Waals surface area (Å²) in [7, 11) is 0. The fourth-order valence-electron chi connectivity index (χ4n) is 2.39. The average molecular weight is 320 g/mol. The monoisotopic (exact) mass is 320 g/mol. The molecule has 1 aromatic carbocycles. The Hall–Kier alpha value is -3.35. The maximum Gasteiger partial charge on any atom is 0.226 e. The lowest BCUT2D eigenvalue weighted by Gasteiger charge is -2.06. The average Bonchev–Trinajstić information content (AvgIpc) is 3.08. The highest BCUT2D eigenvalue weighted by Gasteiger charge is 2.05. The van der Waals surface area contributed by atoms with Crippen LogP contribution < -0.4 is 5.32 Å². The molecular weight excluding hydrogens is 307 g/mol. The summed E-state index contributed by atoms with van der Waals surface area (Å²) in [6.45, 7) is 0.552. The van der Waals surface area contributed by atoms with Gasteiger partial charge in [0.2, 0.25) is 5.95 Å². The summed E-state index contributed by atoms with van der Waals surface area (Å²) < 4.78 is 15.3. The zero-order valence-corrected chi connectivity index (χ0v) is 12.6. The molecule has 0 saturated carbocycles. The normalized spacial score (nSPS) is 10.9. The van der Waals surface area contributed by atoms with Gasteiger partial charge in [0, 0.05) is 30.7 Å². The first-order valence-corrected chi connectivity index (χ1v) is 7.38. The molecule has 0 atom stereocenters. The van der Waals surface area contributed by atoms with Gasteiger partial charge in [-0.2, -0.15) is 4.98 Å². The summed E-state index contributed by atoms with van der Waals surface area (Å²) in [5.41, 5.74) is 2.55. The van der Waals surface area contributed by atoms with E-state index in [1.165, 1.54) is 18.5 Å². The van der Waals surface area contributed by atoms with E-state index < -0.39 is 0 Å². The van der Waals surface area contributed by atoms with Crippen LogP contribution in [0.4, 0.5) is 10.3 Å². The minimum atomic E-state index is -0.324. The van der Waals surface area contributed by atoms with Crippen LogP contribution in [-0.4, -0.2) is 24.3 Å². The smallest absolute Gasteiger partial charge is 0.226 e. The Morgan fingerprint density at radius 3 is 2.92 bits per heavy atom. The highest BCUT2D eigenvalue weighted by atomic mass is 19.1. The van der Waals surface area contributed by atoms with Crippen molar-refractivity contribution in [2.75, 3.05) is 5.32 Å². The number of anilines is 1. The van der Waals surface area contributed by atoms with Crippen molar-refractivity contribution >= 4 is 11.6 Å². The van der Waals surface area contributed by atoms with E-state index in [-0.39, 0.29) is 5.82 Å². The number of hydrogen-bond acceptors (Lipinski definition) is 5. The molecule has 3 aromatic heterocycles. The minimum absolute atomic E-state index is 0.324. The molecule has 118 valence electrons. The van der Waals surface area contributed by atoms with Crippen LogP contribution in [0.2, 0.25) is 0 Å². The fraction of sp³-hybridized carbons (Fsp3) is 0.0588. The molecule has 1 N–H and O–H groups in total.